The van der Waals surface area contributed by atoms with E-state index in [0.29, 0.717) is 5.56 Å². The lowest BCUT2D eigenvalue weighted by atomic mass is 9.79. The highest BCUT2D eigenvalue weighted by molar-refractivity contribution is 7.21. The zero-order valence-corrected chi connectivity index (χ0v) is 26.2. The zero-order valence-electron chi connectivity index (χ0n) is 25.4. The van der Waals surface area contributed by atoms with E-state index >= 15 is 0 Å². The minimum absolute atomic E-state index is 0.0910. The molecule has 0 unspecified atom stereocenters. The molecule has 0 atom stereocenters. The molecule has 0 amide bonds. The van der Waals surface area contributed by atoms with Crippen LogP contribution >= 0.6 is 11.3 Å². The first kappa shape index (κ1) is 28.8. The Balaban J connectivity index is 1.47. The first-order valence-corrected chi connectivity index (χ1v) is 15.3. The van der Waals surface area contributed by atoms with Crippen molar-refractivity contribution in [3.63, 3.8) is 0 Å². The molecule has 1 aromatic heterocycles. The fourth-order valence-corrected chi connectivity index (χ4v) is 6.49. The van der Waals surface area contributed by atoms with Crippen molar-refractivity contribution < 1.29 is 9.50 Å². The standard InChI is InChI=1S/C38H35FN2OS/c1-37(2,3)25-18-24(35(42)31(19-25)38(4,5)6)22-40-32-17-10-9-15-29(32)36-41-34-30(20-26(39)21-33(34)43-36)28-16-11-13-23-12-7-8-14-27(23)28/h7-22,42H,1-6H3. The molecule has 0 aliphatic carbocycles. The molecule has 0 fully saturated rings. The lowest BCUT2D eigenvalue weighted by Gasteiger charge is -2.27. The van der Waals surface area contributed by atoms with E-state index < -0.39 is 0 Å². The van der Waals surface area contributed by atoms with E-state index in [1.807, 2.05) is 54.6 Å². The minimum atomic E-state index is -0.291. The van der Waals surface area contributed by atoms with Crippen molar-refractivity contribution in [1.29, 1.82) is 0 Å². The third-order valence-electron chi connectivity index (χ3n) is 7.83. The molecule has 6 rings (SSSR count). The van der Waals surface area contributed by atoms with Gasteiger partial charge in [0.1, 0.15) is 16.6 Å². The molecule has 1 N–H and O–H groups in total. The smallest absolute Gasteiger partial charge is 0.128 e. The third-order valence-corrected chi connectivity index (χ3v) is 8.87. The summed E-state index contributed by atoms with van der Waals surface area (Å²) in [5.74, 6) is -0.0438. The van der Waals surface area contributed by atoms with Crippen molar-refractivity contribution >= 4 is 44.2 Å². The summed E-state index contributed by atoms with van der Waals surface area (Å²) in [6, 6.07) is 29.3. The number of nitrogens with zero attached hydrogens (tertiary/aromatic N) is 2. The molecule has 0 aliphatic rings. The van der Waals surface area contributed by atoms with Gasteiger partial charge in [-0.05, 0) is 63.1 Å². The lowest BCUT2D eigenvalue weighted by Crippen LogP contribution is -2.17. The average Bonchev–Trinajstić information content (AvgIpc) is 3.38. The Hall–Kier alpha value is -4.35. The topological polar surface area (TPSA) is 45.5 Å². The van der Waals surface area contributed by atoms with E-state index in [9.17, 15) is 9.50 Å². The van der Waals surface area contributed by atoms with Crippen molar-refractivity contribution in [2.24, 2.45) is 4.99 Å². The Kier molecular flexibility index (Phi) is 7.18. The molecule has 0 saturated heterocycles. The molecular weight excluding hydrogens is 551 g/mol. The number of thiazole rings is 1. The number of phenols is 1. The number of para-hydroxylation sites is 1. The summed E-state index contributed by atoms with van der Waals surface area (Å²) >= 11 is 1.46. The van der Waals surface area contributed by atoms with Gasteiger partial charge in [-0.15, -0.1) is 11.3 Å². The van der Waals surface area contributed by atoms with Crippen molar-refractivity contribution in [1.82, 2.24) is 4.98 Å². The molecule has 3 nitrogen and oxygen atoms in total. The summed E-state index contributed by atoms with van der Waals surface area (Å²) in [5, 5.41) is 14.2. The van der Waals surface area contributed by atoms with E-state index in [2.05, 4.69) is 65.8 Å². The fraction of sp³-hybridized carbons (Fsp3) is 0.211. The lowest BCUT2D eigenvalue weighted by molar-refractivity contribution is 0.444. The van der Waals surface area contributed by atoms with Gasteiger partial charge in [-0.1, -0.05) is 102 Å². The number of benzene rings is 5. The highest BCUT2D eigenvalue weighted by atomic mass is 32.1. The number of aliphatic imine (C=N–C) groups is 1. The van der Waals surface area contributed by atoms with Gasteiger partial charge in [0, 0.05) is 28.5 Å². The van der Waals surface area contributed by atoms with Crippen LogP contribution in [0.5, 0.6) is 5.75 Å². The van der Waals surface area contributed by atoms with Gasteiger partial charge in [0.05, 0.1) is 15.9 Å². The second-order valence-corrected chi connectivity index (χ2v) is 14.1. The van der Waals surface area contributed by atoms with Crippen LogP contribution in [0, 0.1) is 5.82 Å². The summed E-state index contributed by atoms with van der Waals surface area (Å²) < 4.78 is 15.8. The van der Waals surface area contributed by atoms with Crippen LogP contribution in [-0.2, 0) is 10.8 Å². The summed E-state index contributed by atoms with van der Waals surface area (Å²) in [4.78, 5) is 9.94. The molecule has 5 aromatic carbocycles. The zero-order chi connectivity index (χ0) is 30.5. The summed E-state index contributed by atoms with van der Waals surface area (Å²) in [6.07, 6.45) is 1.74. The molecule has 5 heteroatoms. The third kappa shape index (κ3) is 5.57. The number of hydrogen-bond donors (Lipinski definition) is 1. The van der Waals surface area contributed by atoms with E-state index in [0.717, 1.165) is 59.5 Å². The predicted octanol–water partition coefficient (Wildman–Crippen LogP) is 11.0. The Morgan fingerprint density at radius 3 is 2.23 bits per heavy atom. The van der Waals surface area contributed by atoms with Crippen LogP contribution in [0.3, 0.4) is 0 Å². The van der Waals surface area contributed by atoms with Crippen molar-refractivity contribution in [2.45, 2.75) is 52.4 Å². The summed E-state index contributed by atoms with van der Waals surface area (Å²) in [6.45, 7) is 12.8. The van der Waals surface area contributed by atoms with Crippen LogP contribution in [0.2, 0.25) is 0 Å². The molecule has 216 valence electrons. The molecule has 1 heterocycles. The SMILES string of the molecule is CC(C)(C)c1cc(C=Nc2ccccc2-c2nc3c(-c4cccc5ccccc45)cc(F)cc3s2)c(O)c(C(C)(C)C)c1. The number of phenolic OH excluding ortho intramolecular Hbond substituents is 1. The number of fused-ring (bicyclic) bond motifs is 2. The maximum Gasteiger partial charge on any atom is 0.128 e. The first-order chi connectivity index (χ1) is 20.4. The van der Waals surface area contributed by atoms with Crippen LogP contribution < -0.4 is 0 Å². The number of hydrogen-bond acceptors (Lipinski definition) is 4. The first-order valence-electron chi connectivity index (χ1n) is 14.5. The van der Waals surface area contributed by atoms with Crippen molar-refractivity contribution in [3.8, 4) is 27.4 Å². The van der Waals surface area contributed by atoms with Crippen LogP contribution in [0.4, 0.5) is 10.1 Å². The number of aromatic hydroxyl groups is 1. The maximum absolute atomic E-state index is 15.0. The minimum Gasteiger partial charge on any atom is -0.507 e. The largest absolute Gasteiger partial charge is 0.507 e. The number of halogens is 1. The van der Waals surface area contributed by atoms with Crippen LogP contribution in [0.25, 0.3) is 42.7 Å². The van der Waals surface area contributed by atoms with Gasteiger partial charge in [0.25, 0.3) is 0 Å². The Morgan fingerprint density at radius 1 is 0.767 bits per heavy atom. The van der Waals surface area contributed by atoms with Gasteiger partial charge in [-0.3, -0.25) is 4.99 Å². The molecule has 0 spiro atoms. The van der Waals surface area contributed by atoms with Crippen molar-refractivity contribution in [3.05, 3.63) is 114 Å². The van der Waals surface area contributed by atoms with Gasteiger partial charge in [0.2, 0.25) is 0 Å². The molecule has 0 aliphatic heterocycles. The fourth-order valence-electron chi connectivity index (χ4n) is 5.44. The van der Waals surface area contributed by atoms with Crippen LogP contribution in [0.15, 0.2) is 96.0 Å². The molecule has 0 radical (unpaired) electrons. The molecular formula is C38H35FN2OS. The molecule has 0 saturated carbocycles. The molecule has 6 aromatic rings. The van der Waals surface area contributed by atoms with Gasteiger partial charge in [-0.25, -0.2) is 9.37 Å². The van der Waals surface area contributed by atoms with E-state index in [-0.39, 0.29) is 22.4 Å². The van der Waals surface area contributed by atoms with Gasteiger partial charge < -0.3 is 5.11 Å². The Bertz CT molecular complexity index is 2020. The maximum atomic E-state index is 15.0. The Labute approximate surface area is 256 Å². The van der Waals surface area contributed by atoms with E-state index in [4.69, 9.17) is 9.98 Å². The van der Waals surface area contributed by atoms with Crippen molar-refractivity contribution in [2.75, 3.05) is 0 Å². The highest BCUT2D eigenvalue weighted by Gasteiger charge is 2.25. The van der Waals surface area contributed by atoms with E-state index in [1.54, 1.807) is 18.3 Å². The van der Waals surface area contributed by atoms with Crippen LogP contribution in [0.1, 0.15) is 58.2 Å². The molecule has 0 bridgehead atoms. The molecule has 43 heavy (non-hydrogen) atoms. The van der Waals surface area contributed by atoms with Crippen LogP contribution in [-0.4, -0.2) is 16.3 Å². The monoisotopic (exact) mass is 586 g/mol. The number of rotatable bonds is 4. The van der Waals surface area contributed by atoms with E-state index in [1.165, 1.54) is 11.3 Å². The highest BCUT2D eigenvalue weighted by Crippen LogP contribution is 2.42. The van der Waals surface area contributed by atoms with Gasteiger partial charge >= 0.3 is 0 Å². The summed E-state index contributed by atoms with van der Waals surface area (Å²) in [5.41, 5.74) is 6.46. The quantitative estimate of drug-likeness (QED) is 0.209. The van der Waals surface area contributed by atoms with Gasteiger partial charge in [-0.2, -0.15) is 0 Å². The Morgan fingerprint density at radius 2 is 1.47 bits per heavy atom. The normalized spacial score (nSPS) is 12.5. The number of aromatic nitrogens is 1. The average molecular weight is 587 g/mol. The van der Waals surface area contributed by atoms with Gasteiger partial charge in [0.15, 0.2) is 0 Å². The summed E-state index contributed by atoms with van der Waals surface area (Å²) in [7, 11) is 0. The second kappa shape index (κ2) is 10.7. The second-order valence-electron chi connectivity index (χ2n) is 13.1. The predicted molar refractivity (Wildman–Crippen MR) is 181 cm³/mol.